The molecule has 0 spiro atoms. The molecule has 0 unspecified atom stereocenters. The molecule has 26 heavy (non-hydrogen) atoms. The average molecular weight is 368 g/mol. The van der Waals surface area contributed by atoms with Crippen LogP contribution in [0.4, 0.5) is 0 Å². The van der Waals surface area contributed by atoms with Crippen LogP contribution in [0.2, 0.25) is 0 Å². The van der Waals surface area contributed by atoms with E-state index >= 15 is 0 Å². The molecule has 0 saturated carbocycles. The van der Waals surface area contributed by atoms with E-state index in [1.165, 1.54) is 0 Å². The normalized spacial score (nSPS) is 11.8. The van der Waals surface area contributed by atoms with Crippen LogP contribution in [0.25, 0.3) is 0 Å². The van der Waals surface area contributed by atoms with Crippen molar-refractivity contribution in [1.29, 1.82) is 0 Å². The molecule has 134 valence electrons. The zero-order chi connectivity index (χ0) is 18.5. The van der Waals surface area contributed by atoms with Crippen molar-refractivity contribution >= 4 is 7.82 Å². The van der Waals surface area contributed by atoms with Crippen LogP contribution in [-0.4, -0.2) is 0 Å². The van der Waals surface area contributed by atoms with Crippen LogP contribution >= 0.6 is 7.82 Å². The Bertz CT molecular complexity index is 819. The highest BCUT2D eigenvalue weighted by atomic mass is 31.2. The molecule has 0 aromatic heterocycles. The lowest BCUT2D eigenvalue weighted by Crippen LogP contribution is -2.23. The number of rotatable bonds is 7. The maximum absolute atomic E-state index is 13.5. The summed E-state index contributed by atoms with van der Waals surface area (Å²) in [6, 6.07) is 27.3. The summed E-state index contributed by atoms with van der Waals surface area (Å²) in [7, 11) is -3.95. The second-order valence-electron chi connectivity index (χ2n) is 6.22. The zero-order valence-electron chi connectivity index (χ0n) is 14.7. The minimum absolute atomic E-state index is 0.413. The van der Waals surface area contributed by atoms with E-state index < -0.39 is 13.4 Å². The van der Waals surface area contributed by atoms with Gasteiger partial charge in [0, 0.05) is 0 Å². The molecule has 3 rings (SSSR count). The van der Waals surface area contributed by atoms with Crippen molar-refractivity contribution in [3.8, 4) is 11.5 Å². The van der Waals surface area contributed by atoms with Gasteiger partial charge in [0.25, 0.3) is 0 Å². The summed E-state index contributed by atoms with van der Waals surface area (Å²) < 4.78 is 30.8. The van der Waals surface area contributed by atoms with Crippen LogP contribution in [0.3, 0.4) is 0 Å². The molecule has 0 aliphatic carbocycles. The lowest BCUT2D eigenvalue weighted by Gasteiger charge is -2.29. The number of phosphoric acid groups is 1. The maximum Gasteiger partial charge on any atom is 0.588 e. The quantitative estimate of drug-likeness (QED) is 0.466. The molecular formula is C21H21O4P. The Morgan fingerprint density at radius 1 is 0.654 bits per heavy atom. The van der Waals surface area contributed by atoms with Gasteiger partial charge in [0.1, 0.15) is 17.1 Å². The monoisotopic (exact) mass is 368 g/mol. The van der Waals surface area contributed by atoms with Crippen molar-refractivity contribution in [1.82, 2.24) is 0 Å². The molecule has 0 saturated heterocycles. The second kappa shape index (κ2) is 7.77. The van der Waals surface area contributed by atoms with Crippen molar-refractivity contribution in [2.24, 2.45) is 0 Å². The summed E-state index contributed by atoms with van der Waals surface area (Å²) in [6.45, 7) is 3.66. The van der Waals surface area contributed by atoms with E-state index in [4.69, 9.17) is 13.6 Å². The van der Waals surface area contributed by atoms with Crippen LogP contribution < -0.4 is 9.05 Å². The molecule has 0 bridgehead atoms. The van der Waals surface area contributed by atoms with Crippen molar-refractivity contribution in [2.75, 3.05) is 0 Å². The smallest absolute Gasteiger partial charge is 0.395 e. The Balaban J connectivity index is 1.90. The number of hydrogen-bond donors (Lipinski definition) is 0. The summed E-state index contributed by atoms with van der Waals surface area (Å²) in [6.07, 6.45) is 0. The number of phosphoric ester groups is 1. The van der Waals surface area contributed by atoms with Crippen LogP contribution in [0.5, 0.6) is 11.5 Å². The fraction of sp³-hybridized carbons (Fsp3) is 0.143. The first kappa shape index (κ1) is 18.2. The number of benzene rings is 3. The standard InChI is InChI=1S/C21H21O4P/c1-21(2,18-12-6-3-7-13-18)25-26(22,23-19-14-8-4-9-15-19)24-20-16-10-5-11-17-20/h3-17H,1-2H3. The third kappa shape index (κ3) is 4.75. The summed E-state index contributed by atoms with van der Waals surface area (Å²) in [5.41, 5.74) is -0.00563. The van der Waals surface area contributed by atoms with Gasteiger partial charge in [-0.1, -0.05) is 66.7 Å². The van der Waals surface area contributed by atoms with Crippen molar-refractivity contribution in [2.45, 2.75) is 19.4 Å². The maximum atomic E-state index is 13.5. The van der Waals surface area contributed by atoms with Crippen LogP contribution in [-0.2, 0) is 14.7 Å². The van der Waals surface area contributed by atoms with Gasteiger partial charge in [0.15, 0.2) is 0 Å². The SMILES string of the molecule is CC(C)(OP(=O)(Oc1ccccc1)Oc1ccccc1)c1ccccc1. The molecule has 0 radical (unpaired) electrons. The van der Waals surface area contributed by atoms with Crippen molar-refractivity contribution in [3.05, 3.63) is 96.6 Å². The van der Waals surface area contributed by atoms with Gasteiger partial charge in [-0.2, -0.15) is 0 Å². The van der Waals surface area contributed by atoms with E-state index in [-0.39, 0.29) is 0 Å². The summed E-state index contributed by atoms with van der Waals surface area (Å²) in [5, 5.41) is 0. The van der Waals surface area contributed by atoms with Gasteiger partial charge in [-0.05, 0) is 43.7 Å². The minimum atomic E-state index is -3.95. The molecule has 0 aliphatic rings. The van der Waals surface area contributed by atoms with E-state index in [0.29, 0.717) is 11.5 Å². The largest absolute Gasteiger partial charge is 0.588 e. The molecule has 5 heteroatoms. The molecule has 0 aliphatic heterocycles. The highest BCUT2D eigenvalue weighted by Crippen LogP contribution is 2.54. The van der Waals surface area contributed by atoms with Gasteiger partial charge in [0.05, 0.1) is 0 Å². The molecule has 3 aromatic rings. The first-order chi connectivity index (χ1) is 12.5. The Labute approximate surface area is 154 Å². The van der Waals surface area contributed by atoms with Crippen LogP contribution in [0.1, 0.15) is 19.4 Å². The van der Waals surface area contributed by atoms with Gasteiger partial charge in [-0.15, -0.1) is 0 Å². The molecule has 0 heterocycles. The van der Waals surface area contributed by atoms with Gasteiger partial charge in [0.2, 0.25) is 0 Å². The van der Waals surface area contributed by atoms with Crippen LogP contribution in [0, 0.1) is 0 Å². The van der Waals surface area contributed by atoms with Gasteiger partial charge in [-0.3, -0.25) is 4.52 Å². The minimum Gasteiger partial charge on any atom is -0.395 e. The lowest BCUT2D eigenvalue weighted by molar-refractivity contribution is 0.0699. The summed E-state index contributed by atoms with van der Waals surface area (Å²) in [4.78, 5) is 0. The average Bonchev–Trinajstić information content (AvgIpc) is 2.63. The molecule has 0 N–H and O–H groups in total. The lowest BCUT2D eigenvalue weighted by atomic mass is 9.99. The topological polar surface area (TPSA) is 44.8 Å². The first-order valence-corrected chi connectivity index (χ1v) is 9.79. The Morgan fingerprint density at radius 2 is 1.04 bits per heavy atom. The Hall–Kier alpha value is -2.55. The highest BCUT2D eigenvalue weighted by Gasteiger charge is 2.39. The third-order valence-electron chi connectivity index (χ3n) is 3.73. The first-order valence-electron chi connectivity index (χ1n) is 8.32. The molecule has 4 nitrogen and oxygen atoms in total. The van der Waals surface area contributed by atoms with E-state index in [9.17, 15) is 4.57 Å². The third-order valence-corrected chi connectivity index (χ3v) is 5.28. The van der Waals surface area contributed by atoms with E-state index in [1.54, 1.807) is 48.5 Å². The van der Waals surface area contributed by atoms with E-state index in [0.717, 1.165) is 5.56 Å². The van der Waals surface area contributed by atoms with Crippen molar-refractivity contribution in [3.63, 3.8) is 0 Å². The number of para-hydroxylation sites is 2. The molecule has 3 aromatic carbocycles. The molecule has 0 amide bonds. The van der Waals surface area contributed by atoms with Crippen molar-refractivity contribution < 1.29 is 18.1 Å². The predicted molar refractivity (Wildman–Crippen MR) is 102 cm³/mol. The summed E-state index contributed by atoms with van der Waals surface area (Å²) >= 11 is 0. The molecule has 0 atom stereocenters. The second-order valence-corrected chi connectivity index (χ2v) is 7.67. The number of hydrogen-bond acceptors (Lipinski definition) is 4. The van der Waals surface area contributed by atoms with E-state index in [2.05, 4.69) is 0 Å². The Morgan fingerprint density at radius 3 is 1.46 bits per heavy atom. The van der Waals surface area contributed by atoms with Gasteiger partial charge >= 0.3 is 7.82 Å². The van der Waals surface area contributed by atoms with Gasteiger partial charge in [-0.25, -0.2) is 4.57 Å². The van der Waals surface area contributed by atoms with Gasteiger partial charge < -0.3 is 9.05 Å². The van der Waals surface area contributed by atoms with Crippen LogP contribution in [0.15, 0.2) is 91.0 Å². The predicted octanol–water partition coefficient (Wildman–Crippen LogP) is 6.20. The fourth-order valence-corrected chi connectivity index (χ4v) is 3.98. The molecule has 0 fully saturated rings. The molecular weight excluding hydrogens is 347 g/mol. The van der Waals surface area contributed by atoms with E-state index in [1.807, 2.05) is 56.3 Å². The fourth-order valence-electron chi connectivity index (χ4n) is 2.45. The summed E-state index contributed by atoms with van der Waals surface area (Å²) in [5.74, 6) is 0.825. The Kier molecular flexibility index (Phi) is 5.46. The highest BCUT2D eigenvalue weighted by molar-refractivity contribution is 7.49. The zero-order valence-corrected chi connectivity index (χ0v) is 15.6.